The van der Waals surface area contributed by atoms with Gasteiger partial charge in [0.2, 0.25) is 5.88 Å². The van der Waals surface area contributed by atoms with E-state index < -0.39 is 18.4 Å². The summed E-state index contributed by atoms with van der Waals surface area (Å²) in [6.07, 6.45) is -0.556. The molecule has 1 aliphatic heterocycles. The summed E-state index contributed by atoms with van der Waals surface area (Å²) in [6.45, 7) is 0.495. The Balaban J connectivity index is 1.48. The topological polar surface area (TPSA) is 60.9 Å². The van der Waals surface area contributed by atoms with Gasteiger partial charge in [0.05, 0.1) is 19.9 Å². The predicted molar refractivity (Wildman–Crippen MR) is 92.9 cm³/mol. The molecule has 6 nitrogen and oxygen atoms in total. The maximum atomic E-state index is 14.4. The third kappa shape index (κ3) is 4.62. The van der Waals surface area contributed by atoms with Crippen LogP contribution < -0.4 is 9.47 Å². The van der Waals surface area contributed by atoms with Gasteiger partial charge in [0.1, 0.15) is 18.5 Å². The number of carbonyl (C=O) groups is 1. The summed E-state index contributed by atoms with van der Waals surface area (Å²) in [5.74, 6) is 0.934. The molecule has 1 aromatic heterocycles. The first kappa shape index (κ1) is 18.0. The Morgan fingerprint density at radius 3 is 2.73 bits per heavy atom. The Kier molecular flexibility index (Phi) is 5.88. The summed E-state index contributed by atoms with van der Waals surface area (Å²) >= 11 is 0. The summed E-state index contributed by atoms with van der Waals surface area (Å²) in [5, 5.41) is 0. The first-order valence-corrected chi connectivity index (χ1v) is 8.42. The van der Waals surface area contributed by atoms with Crippen molar-refractivity contribution >= 4 is 6.09 Å². The van der Waals surface area contributed by atoms with Crippen molar-refractivity contribution < 1.29 is 23.4 Å². The number of aromatic nitrogens is 1. The molecule has 0 radical (unpaired) electrons. The van der Waals surface area contributed by atoms with Crippen molar-refractivity contribution in [2.45, 2.75) is 25.3 Å². The summed E-state index contributed by atoms with van der Waals surface area (Å²) < 4.78 is 30.3. The Labute approximate surface area is 151 Å². The number of likely N-dealkylation sites (tertiary alicyclic amines) is 1. The first-order chi connectivity index (χ1) is 12.7. The van der Waals surface area contributed by atoms with E-state index in [1.54, 1.807) is 12.1 Å². The molecule has 2 heterocycles. The Morgan fingerprint density at radius 2 is 2.08 bits per heavy atom. The number of ether oxygens (including phenoxy) is 3. The fraction of sp³-hybridized carbons (Fsp3) is 0.368. The number of hydrogen-bond donors (Lipinski definition) is 0. The van der Waals surface area contributed by atoms with Crippen molar-refractivity contribution in [3.8, 4) is 11.6 Å². The predicted octanol–water partition coefficient (Wildman–Crippen LogP) is 3.22. The number of hydrogen-bond acceptors (Lipinski definition) is 5. The maximum Gasteiger partial charge on any atom is 0.410 e. The SMILES string of the molecule is COc1ccc(O[C@@H]2CCN(C(=O)OCc3ccccc3)C[C@H]2F)cn1. The summed E-state index contributed by atoms with van der Waals surface area (Å²) in [7, 11) is 1.52. The second-order valence-electron chi connectivity index (χ2n) is 5.98. The van der Waals surface area contributed by atoms with Gasteiger partial charge in [-0.3, -0.25) is 0 Å². The lowest BCUT2D eigenvalue weighted by atomic mass is 10.1. The molecule has 2 aromatic rings. The highest BCUT2D eigenvalue weighted by molar-refractivity contribution is 5.67. The van der Waals surface area contributed by atoms with Gasteiger partial charge in [-0.25, -0.2) is 14.2 Å². The van der Waals surface area contributed by atoms with E-state index in [1.165, 1.54) is 18.2 Å². The minimum Gasteiger partial charge on any atom is -0.486 e. The Morgan fingerprint density at radius 1 is 1.27 bits per heavy atom. The van der Waals surface area contributed by atoms with E-state index in [2.05, 4.69) is 4.98 Å². The third-order valence-electron chi connectivity index (χ3n) is 4.15. The lowest BCUT2D eigenvalue weighted by molar-refractivity contribution is 0.0145. The summed E-state index contributed by atoms with van der Waals surface area (Å²) in [6, 6.07) is 12.7. The van der Waals surface area contributed by atoms with Crippen LogP contribution in [-0.4, -0.2) is 48.5 Å². The van der Waals surface area contributed by atoms with Crippen LogP contribution in [0.15, 0.2) is 48.7 Å². The number of pyridine rings is 1. The van der Waals surface area contributed by atoms with Gasteiger partial charge in [0.25, 0.3) is 0 Å². The molecule has 138 valence electrons. The zero-order valence-electron chi connectivity index (χ0n) is 14.5. The highest BCUT2D eigenvalue weighted by Gasteiger charge is 2.33. The van der Waals surface area contributed by atoms with Crippen LogP contribution in [0.1, 0.15) is 12.0 Å². The molecule has 3 rings (SSSR count). The number of methoxy groups -OCH3 is 1. The molecule has 0 spiro atoms. The molecule has 0 bridgehead atoms. The van der Waals surface area contributed by atoms with Crippen LogP contribution in [0.3, 0.4) is 0 Å². The second kappa shape index (κ2) is 8.51. The minimum absolute atomic E-state index is 0.0537. The monoisotopic (exact) mass is 360 g/mol. The molecular weight excluding hydrogens is 339 g/mol. The molecule has 1 aliphatic rings. The molecule has 1 aromatic carbocycles. The van der Waals surface area contributed by atoms with Crippen LogP contribution in [0, 0.1) is 0 Å². The number of amides is 1. The number of piperidine rings is 1. The highest BCUT2D eigenvalue weighted by atomic mass is 19.1. The second-order valence-corrected chi connectivity index (χ2v) is 5.98. The average molecular weight is 360 g/mol. The fourth-order valence-electron chi connectivity index (χ4n) is 2.72. The zero-order valence-corrected chi connectivity index (χ0v) is 14.5. The van der Waals surface area contributed by atoms with Crippen LogP contribution in [0.5, 0.6) is 11.6 Å². The minimum atomic E-state index is -1.30. The number of halogens is 1. The number of alkyl halides is 1. The van der Waals surface area contributed by atoms with E-state index in [0.29, 0.717) is 24.6 Å². The van der Waals surface area contributed by atoms with Crippen LogP contribution in [0.25, 0.3) is 0 Å². The lowest BCUT2D eigenvalue weighted by Crippen LogP contribution is -2.49. The van der Waals surface area contributed by atoms with Crippen LogP contribution in [-0.2, 0) is 11.3 Å². The van der Waals surface area contributed by atoms with Crippen LogP contribution in [0.2, 0.25) is 0 Å². The van der Waals surface area contributed by atoms with Gasteiger partial charge >= 0.3 is 6.09 Å². The van der Waals surface area contributed by atoms with Gasteiger partial charge in [-0.1, -0.05) is 30.3 Å². The Bertz CT molecular complexity index is 711. The maximum absolute atomic E-state index is 14.4. The van der Waals surface area contributed by atoms with Gasteiger partial charge in [0.15, 0.2) is 6.17 Å². The van der Waals surface area contributed by atoms with E-state index in [1.807, 2.05) is 30.3 Å². The van der Waals surface area contributed by atoms with Crippen LogP contribution in [0.4, 0.5) is 9.18 Å². The fourth-order valence-corrected chi connectivity index (χ4v) is 2.72. The average Bonchev–Trinajstić information content (AvgIpc) is 2.69. The van der Waals surface area contributed by atoms with E-state index in [4.69, 9.17) is 14.2 Å². The summed E-state index contributed by atoms with van der Waals surface area (Å²) in [4.78, 5) is 17.5. The van der Waals surface area contributed by atoms with Gasteiger partial charge in [-0.2, -0.15) is 0 Å². The van der Waals surface area contributed by atoms with Crippen molar-refractivity contribution in [2.75, 3.05) is 20.2 Å². The molecule has 2 atom stereocenters. The van der Waals surface area contributed by atoms with Crippen molar-refractivity contribution in [3.05, 3.63) is 54.2 Å². The van der Waals surface area contributed by atoms with Crippen molar-refractivity contribution in [2.24, 2.45) is 0 Å². The van der Waals surface area contributed by atoms with E-state index >= 15 is 0 Å². The van der Waals surface area contributed by atoms with E-state index in [0.717, 1.165) is 5.56 Å². The molecule has 1 amide bonds. The largest absolute Gasteiger partial charge is 0.486 e. The molecule has 7 heteroatoms. The molecular formula is C19H21FN2O4. The van der Waals surface area contributed by atoms with E-state index in [-0.39, 0.29) is 13.2 Å². The zero-order chi connectivity index (χ0) is 18.4. The van der Waals surface area contributed by atoms with Gasteiger partial charge < -0.3 is 19.1 Å². The number of rotatable bonds is 5. The number of nitrogens with zero attached hydrogens (tertiary/aromatic N) is 2. The van der Waals surface area contributed by atoms with Gasteiger partial charge in [-0.05, 0) is 11.6 Å². The van der Waals surface area contributed by atoms with E-state index in [9.17, 15) is 9.18 Å². The van der Waals surface area contributed by atoms with Gasteiger partial charge in [0, 0.05) is 19.0 Å². The van der Waals surface area contributed by atoms with Gasteiger partial charge in [-0.15, -0.1) is 0 Å². The highest BCUT2D eigenvalue weighted by Crippen LogP contribution is 2.22. The molecule has 0 N–H and O–H groups in total. The lowest BCUT2D eigenvalue weighted by Gasteiger charge is -2.34. The van der Waals surface area contributed by atoms with Crippen molar-refractivity contribution in [3.63, 3.8) is 0 Å². The number of benzene rings is 1. The number of carbonyl (C=O) groups excluding carboxylic acids is 1. The standard InChI is InChI=1S/C19H21FN2O4/c1-24-18-8-7-15(11-21-18)26-17-9-10-22(12-16(17)20)19(23)25-13-14-5-3-2-4-6-14/h2-8,11,16-17H,9-10,12-13H2,1H3/t16-,17-/m1/s1. The molecule has 0 unspecified atom stereocenters. The van der Waals surface area contributed by atoms with Crippen molar-refractivity contribution in [1.29, 1.82) is 0 Å². The first-order valence-electron chi connectivity index (χ1n) is 8.42. The Hall–Kier alpha value is -2.83. The molecule has 1 fully saturated rings. The normalized spacial score (nSPS) is 19.7. The third-order valence-corrected chi connectivity index (χ3v) is 4.15. The molecule has 0 aliphatic carbocycles. The quantitative estimate of drug-likeness (QED) is 0.819. The molecule has 26 heavy (non-hydrogen) atoms. The van der Waals surface area contributed by atoms with Crippen molar-refractivity contribution in [1.82, 2.24) is 9.88 Å². The molecule has 0 saturated carbocycles. The molecule has 1 saturated heterocycles. The smallest absolute Gasteiger partial charge is 0.410 e. The summed E-state index contributed by atoms with van der Waals surface area (Å²) in [5.41, 5.74) is 0.892. The van der Waals surface area contributed by atoms with Crippen LogP contribution >= 0.6 is 0 Å².